The van der Waals surface area contributed by atoms with Crippen LogP contribution in [0.2, 0.25) is 0 Å². The van der Waals surface area contributed by atoms with Crippen LogP contribution >= 0.6 is 24.0 Å². The number of hydrogen-bond donors (Lipinski definition) is 2. The highest BCUT2D eigenvalue weighted by Crippen LogP contribution is 2.24. The van der Waals surface area contributed by atoms with Crippen molar-refractivity contribution >= 4 is 29.9 Å². The van der Waals surface area contributed by atoms with E-state index in [1.807, 2.05) is 18.2 Å². The van der Waals surface area contributed by atoms with E-state index in [9.17, 15) is 0 Å². The van der Waals surface area contributed by atoms with Crippen LogP contribution in [-0.4, -0.2) is 58.3 Å². The van der Waals surface area contributed by atoms with Gasteiger partial charge in [-0.15, -0.1) is 24.0 Å². The molecule has 0 spiro atoms. The number of aliphatic imine (C=N–C) groups is 1. The van der Waals surface area contributed by atoms with Crippen molar-refractivity contribution in [3.05, 3.63) is 23.8 Å². The van der Waals surface area contributed by atoms with Crippen LogP contribution < -0.4 is 20.1 Å². The zero-order valence-corrected chi connectivity index (χ0v) is 18.7. The minimum absolute atomic E-state index is 0. The van der Waals surface area contributed by atoms with Crippen LogP contribution in [0.4, 0.5) is 0 Å². The molecule has 1 aliphatic rings. The molecule has 2 rings (SSSR count). The standard InChI is InChI=1S/C19H32N4O2.HI/c1-15-6-5-10-23(14-15)11-9-21-19(20-2)22-13-16-7-8-17(24-3)12-18(16)25-4;/h7-8,12,15H,5-6,9-11,13-14H2,1-4H3,(H2,20,21,22);1H. The molecule has 6 nitrogen and oxygen atoms in total. The van der Waals surface area contributed by atoms with E-state index in [4.69, 9.17) is 9.47 Å². The Kier molecular flexibility index (Phi) is 10.7. The number of piperidine rings is 1. The first-order chi connectivity index (χ1) is 12.2. The van der Waals surface area contributed by atoms with Gasteiger partial charge < -0.3 is 25.0 Å². The van der Waals surface area contributed by atoms with E-state index in [-0.39, 0.29) is 24.0 Å². The van der Waals surface area contributed by atoms with Gasteiger partial charge >= 0.3 is 0 Å². The molecule has 1 fully saturated rings. The highest BCUT2D eigenvalue weighted by atomic mass is 127. The monoisotopic (exact) mass is 476 g/mol. The lowest BCUT2D eigenvalue weighted by Gasteiger charge is -2.30. The summed E-state index contributed by atoms with van der Waals surface area (Å²) in [6.07, 6.45) is 2.67. The fraction of sp³-hybridized carbons (Fsp3) is 0.632. The summed E-state index contributed by atoms with van der Waals surface area (Å²) in [5.41, 5.74) is 1.07. The molecule has 7 heteroatoms. The lowest BCUT2D eigenvalue weighted by Crippen LogP contribution is -2.43. The number of rotatable bonds is 7. The van der Waals surface area contributed by atoms with E-state index in [0.717, 1.165) is 42.0 Å². The topological polar surface area (TPSA) is 58.1 Å². The maximum absolute atomic E-state index is 5.44. The Morgan fingerprint density at radius 3 is 2.73 bits per heavy atom. The molecule has 1 unspecified atom stereocenters. The Morgan fingerprint density at radius 2 is 2.08 bits per heavy atom. The van der Waals surface area contributed by atoms with Gasteiger partial charge in [0.1, 0.15) is 11.5 Å². The summed E-state index contributed by atoms with van der Waals surface area (Å²) in [6.45, 7) is 7.34. The van der Waals surface area contributed by atoms with E-state index in [1.165, 1.54) is 25.9 Å². The van der Waals surface area contributed by atoms with Gasteiger partial charge in [0.25, 0.3) is 0 Å². The van der Waals surface area contributed by atoms with Gasteiger partial charge in [0.05, 0.1) is 14.2 Å². The lowest BCUT2D eigenvalue weighted by molar-refractivity contribution is 0.187. The van der Waals surface area contributed by atoms with Crippen LogP contribution in [0.25, 0.3) is 0 Å². The van der Waals surface area contributed by atoms with Gasteiger partial charge in [-0.2, -0.15) is 0 Å². The summed E-state index contributed by atoms with van der Waals surface area (Å²) in [5.74, 6) is 3.22. The largest absolute Gasteiger partial charge is 0.497 e. The van der Waals surface area contributed by atoms with Gasteiger partial charge in [-0.25, -0.2) is 0 Å². The molecule has 2 N–H and O–H groups in total. The number of ether oxygens (including phenoxy) is 2. The van der Waals surface area contributed by atoms with Crippen LogP contribution in [0.15, 0.2) is 23.2 Å². The maximum atomic E-state index is 5.44. The fourth-order valence-corrected chi connectivity index (χ4v) is 3.22. The van der Waals surface area contributed by atoms with Crippen LogP contribution in [-0.2, 0) is 6.54 Å². The molecule has 0 amide bonds. The first-order valence-corrected chi connectivity index (χ1v) is 9.04. The molecule has 0 radical (unpaired) electrons. The molecule has 1 saturated heterocycles. The molecule has 1 aromatic rings. The first-order valence-electron chi connectivity index (χ1n) is 9.04. The van der Waals surface area contributed by atoms with E-state index in [1.54, 1.807) is 21.3 Å². The third kappa shape index (κ3) is 7.19. The number of likely N-dealkylation sites (tertiary alicyclic amines) is 1. The highest BCUT2D eigenvalue weighted by Gasteiger charge is 2.15. The second-order valence-electron chi connectivity index (χ2n) is 6.58. The van der Waals surface area contributed by atoms with E-state index < -0.39 is 0 Å². The molecule has 0 aliphatic carbocycles. The Morgan fingerprint density at radius 1 is 1.27 bits per heavy atom. The minimum atomic E-state index is 0. The van der Waals surface area contributed by atoms with Crippen molar-refractivity contribution in [3.8, 4) is 11.5 Å². The van der Waals surface area contributed by atoms with E-state index in [2.05, 4.69) is 27.4 Å². The third-order valence-corrected chi connectivity index (χ3v) is 4.63. The number of hydrogen-bond acceptors (Lipinski definition) is 4. The number of nitrogens with one attached hydrogen (secondary N) is 2. The van der Waals surface area contributed by atoms with Crippen molar-refractivity contribution in [1.29, 1.82) is 0 Å². The fourth-order valence-electron chi connectivity index (χ4n) is 3.22. The minimum Gasteiger partial charge on any atom is -0.497 e. The SMILES string of the molecule is CN=C(NCCN1CCCC(C)C1)NCc1ccc(OC)cc1OC.I. The van der Waals surface area contributed by atoms with Gasteiger partial charge in [0.2, 0.25) is 0 Å². The van der Waals surface area contributed by atoms with Crippen molar-refractivity contribution in [3.63, 3.8) is 0 Å². The van der Waals surface area contributed by atoms with Gasteiger partial charge in [-0.05, 0) is 37.4 Å². The Balaban J connectivity index is 0.00000338. The second-order valence-corrected chi connectivity index (χ2v) is 6.58. The summed E-state index contributed by atoms with van der Waals surface area (Å²) < 4.78 is 10.7. The smallest absolute Gasteiger partial charge is 0.191 e. The number of benzene rings is 1. The molecule has 1 aromatic carbocycles. The normalized spacial score (nSPS) is 18.0. The maximum Gasteiger partial charge on any atom is 0.191 e. The third-order valence-electron chi connectivity index (χ3n) is 4.63. The predicted octanol–water partition coefficient (Wildman–Crippen LogP) is 2.72. The zero-order chi connectivity index (χ0) is 18.1. The lowest BCUT2D eigenvalue weighted by atomic mass is 10.0. The Hall–Kier alpha value is -1.22. The van der Waals surface area contributed by atoms with Crippen molar-refractivity contribution < 1.29 is 9.47 Å². The average Bonchev–Trinajstić information content (AvgIpc) is 2.64. The molecule has 148 valence electrons. The van der Waals surface area contributed by atoms with Crippen LogP contribution in [0.1, 0.15) is 25.3 Å². The van der Waals surface area contributed by atoms with Crippen molar-refractivity contribution in [2.24, 2.45) is 10.9 Å². The first kappa shape index (κ1) is 22.8. The number of guanidine groups is 1. The summed E-state index contributed by atoms with van der Waals surface area (Å²) in [6, 6.07) is 5.84. The van der Waals surface area contributed by atoms with Gasteiger partial charge in [0, 0.05) is 44.9 Å². The quantitative estimate of drug-likeness (QED) is 0.360. The van der Waals surface area contributed by atoms with Crippen LogP contribution in [0.5, 0.6) is 11.5 Å². The summed E-state index contributed by atoms with van der Waals surface area (Å²) >= 11 is 0. The Labute approximate surface area is 174 Å². The van der Waals surface area contributed by atoms with E-state index in [0.29, 0.717) is 6.54 Å². The molecule has 0 saturated carbocycles. The molecular formula is C19H33IN4O2. The van der Waals surface area contributed by atoms with Gasteiger partial charge in [0.15, 0.2) is 5.96 Å². The number of nitrogens with zero attached hydrogens (tertiary/aromatic N) is 2. The average molecular weight is 476 g/mol. The van der Waals surface area contributed by atoms with Gasteiger partial charge in [-0.3, -0.25) is 4.99 Å². The van der Waals surface area contributed by atoms with E-state index >= 15 is 0 Å². The van der Waals surface area contributed by atoms with Crippen molar-refractivity contribution in [2.75, 3.05) is 47.4 Å². The van der Waals surface area contributed by atoms with Crippen LogP contribution in [0, 0.1) is 5.92 Å². The number of methoxy groups -OCH3 is 2. The molecule has 0 bridgehead atoms. The molecule has 1 atom stereocenters. The Bertz CT molecular complexity index is 568. The number of halogens is 1. The highest BCUT2D eigenvalue weighted by molar-refractivity contribution is 14.0. The van der Waals surface area contributed by atoms with Crippen molar-refractivity contribution in [2.45, 2.75) is 26.3 Å². The van der Waals surface area contributed by atoms with Gasteiger partial charge in [-0.1, -0.05) is 6.92 Å². The molecule has 26 heavy (non-hydrogen) atoms. The van der Waals surface area contributed by atoms with Crippen molar-refractivity contribution in [1.82, 2.24) is 15.5 Å². The predicted molar refractivity (Wildman–Crippen MR) is 118 cm³/mol. The second kappa shape index (κ2) is 12.2. The summed E-state index contributed by atoms with van der Waals surface area (Å²) in [5, 5.41) is 6.74. The molecule has 0 aromatic heterocycles. The zero-order valence-electron chi connectivity index (χ0n) is 16.4. The summed E-state index contributed by atoms with van der Waals surface area (Å²) in [7, 11) is 5.12. The summed E-state index contributed by atoms with van der Waals surface area (Å²) in [4.78, 5) is 6.83. The van der Waals surface area contributed by atoms with Crippen LogP contribution in [0.3, 0.4) is 0 Å². The molecular weight excluding hydrogens is 443 g/mol. The molecule has 1 aliphatic heterocycles. The molecule has 1 heterocycles.